The molecule has 0 amide bonds. The van der Waals surface area contributed by atoms with Crippen molar-refractivity contribution in [2.45, 2.75) is 38.3 Å². The van der Waals surface area contributed by atoms with Gasteiger partial charge in [-0.05, 0) is 31.8 Å². The van der Waals surface area contributed by atoms with E-state index in [1.807, 2.05) is 6.92 Å². The van der Waals surface area contributed by atoms with Gasteiger partial charge in [-0.1, -0.05) is 11.6 Å². The Hall–Kier alpha value is -0.0500. The van der Waals surface area contributed by atoms with E-state index in [9.17, 15) is 0 Å². The van der Waals surface area contributed by atoms with Gasteiger partial charge in [-0.25, -0.2) is 0 Å². The Labute approximate surface area is 85.3 Å². The second-order valence-corrected chi connectivity index (χ2v) is 3.87. The van der Waals surface area contributed by atoms with Crippen LogP contribution in [0.5, 0.6) is 0 Å². The summed E-state index contributed by atoms with van der Waals surface area (Å²) in [4.78, 5) is 0. The van der Waals surface area contributed by atoms with Gasteiger partial charge in [0.2, 0.25) is 0 Å². The Balaban J connectivity index is 2.27. The quantitative estimate of drug-likeness (QED) is 0.757. The lowest BCUT2D eigenvalue weighted by molar-refractivity contribution is 0.0862. The third kappa shape index (κ3) is 3.29. The summed E-state index contributed by atoms with van der Waals surface area (Å²) in [5.74, 6) is 0. The molecular formula is C10H18ClNO. The summed E-state index contributed by atoms with van der Waals surface area (Å²) in [6.07, 6.45) is 4.05. The largest absolute Gasteiger partial charge is 0.380 e. The highest BCUT2D eigenvalue weighted by atomic mass is 35.5. The van der Waals surface area contributed by atoms with Gasteiger partial charge < -0.3 is 10.1 Å². The van der Waals surface area contributed by atoms with E-state index in [4.69, 9.17) is 16.3 Å². The minimum absolute atomic E-state index is 0.392. The molecule has 0 aliphatic heterocycles. The summed E-state index contributed by atoms with van der Waals surface area (Å²) >= 11 is 5.57. The van der Waals surface area contributed by atoms with Crippen molar-refractivity contribution in [3.63, 3.8) is 0 Å². The van der Waals surface area contributed by atoms with Gasteiger partial charge in [-0.3, -0.25) is 0 Å². The zero-order chi connectivity index (χ0) is 9.68. The Bertz CT molecular complexity index is 182. The molecule has 13 heavy (non-hydrogen) atoms. The third-order valence-corrected chi connectivity index (χ3v) is 2.96. The van der Waals surface area contributed by atoms with Crippen molar-refractivity contribution in [1.29, 1.82) is 0 Å². The maximum atomic E-state index is 5.57. The molecule has 1 aliphatic rings. The number of rotatable bonds is 4. The summed E-state index contributed by atoms with van der Waals surface area (Å²) in [5, 5.41) is 3.46. The molecule has 3 heteroatoms. The lowest BCUT2D eigenvalue weighted by atomic mass is 10.2. The second-order valence-electron chi connectivity index (χ2n) is 3.65. The van der Waals surface area contributed by atoms with Crippen molar-refractivity contribution in [1.82, 2.24) is 5.32 Å². The standard InChI is InChI=1S/C10H18ClNO/c1-8(6-11)7-12-9-4-3-5-10(9)13-2/h6,9-10,12H,3-5,7H2,1-2H3. The molecule has 1 rings (SSSR count). The minimum atomic E-state index is 0.392. The van der Waals surface area contributed by atoms with Crippen LogP contribution in [0.15, 0.2) is 11.1 Å². The van der Waals surface area contributed by atoms with Gasteiger partial charge in [0, 0.05) is 25.2 Å². The molecule has 2 nitrogen and oxygen atoms in total. The fourth-order valence-corrected chi connectivity index (χ4v) is 1.85. The zero-order valence-corrected chi connectivity index (χ0v) is 9.10. The summed E-state index contributed by atoms with van der Waals surface area (Å²) in [6.45, 7) is 2.89. The number of nitrogens with one attached hydrogen (secondary N) is 1. The van der Waals surface area contributed by atoms with Crippen LogP contribution in [0.4, 0.5) is 0 Å². The Kier molecular flexibility index (Phi) is 4.78. The predicted molar refractivity (Wildman–Crippen MR) is 56.0 cm³/mol. The molecule has 2 unspecified atom stereocenters. The first-order valence-corrected chi connectivity index (χ1v) is 5.23. The van der Waals surface area contributed by atoms with Crippen molar-refractivity contribution < 1.29 is 4.74 Å². The maximum absolute atomic E-state index is 5.57. The van der Waals surface area contributed by atoms with Gasteiger partial charge in [0.1, 0.15) is 0 Å². The second kappa shape index (κ2) is 5.63. The molecule has 0 spiro atoms. The molecule has 76 valence electrons. The van der Waals surface area contributed by atoms with Crippen molar-refractivity contribution >= 4 is 11.6 Å². The highest BCUT2D eigenvalue weighted by Gasteiger charge is 2.26. The Morgan fingerprint density at radius 2 is 2.38 bits per heavy atom. The minimum Gasteiger partial charge on any atom is -0.380 e. The first kappa shape index (κ1) is 11.0. The van der Waals surface area contributed by atoms with E-state index in [1.54, 1.807) is 12.6 Å². The molecule has 0 radical (unpaired) electrons. The predicted octanol–water partition coefficient (Wildman–Crippen LogP) is 2.29. The highest BCUT2D eigenvalue weighted by molar-refractivity contribution is 6.25. The van der Waals surface area contributed by atoms with Crippen molar-refractivity contribution in [2.75, 3.05) is 13.7 Å². The molecule has 0 aromatic rings. The first-order valence-electron chi connectivity index (χ1n) is 4.80. The fraction of sp³-hybridized carbons (Fsp3) is 0.800. The number of methoxy groups -OCH3 is 1. The van der Waals surface area contributed by atoms with E-state index in [2.05, 4.69) is 5.32 Å². The lowest BCUT2D eigenvalue weighted by Gasteiger charge is -2.19. The highest BCUT2D eigenvalue weighted by Crippen LogP contribution is 2.21. The number of ether oxygens (including phenoxy) is 1. The van der Waals surface area contributed by atoms with Crippen LogP contribution >= 0.6 is 11.6 Å². The SMILES string of the molecule is COC1CCCC1NCC(C)=CCl. The molecule has 1 N–H and O–H groups in total. The first-order chi connectivity index (χ1) is 6.27. The molecule has 0 saturated heterocycles. The van der Waals surface area contributed by atoms with Crippen LogP contribution in [-0.4, -0.2) is 25.8 Å². The van der Waals surface area contributed by atoms with Crippen LogP contribution in [0, 0.1) is 0 Å². The van der Waals surface area contributed by atoms with Gasteiger partial charge in [0.25, 0.3) is 0 Å². The van der Waals surface area contributed by atoms with E-state index in [-0.39, 0.29) is 0 Å². The summed E-state index contributed by atoms with van der Waals surface area (Å²) in [5.41, 5.74) is 2.80. The fourth-order valence-electron chi connectivity index (χ4n) is 1.77. The van der Waals surface area contributed by atoms with Gasteiger partial charge in [0.15, 0.2) is 0 Å². The van der Waals surface area contributed by atoms with E-state index < -0.39 is 0 Å². The molecule has 0 heterocycles. The van der Waals surface area contributed by atoms with E-state index in [0.717, 1.165) is 6.54 Å². The monoisotopic (exact) mass is 203 g/mol. The molecule has 1 fully saturated rings. The molecule has 0 bridgehead atoms. The average Bonchev–Trinajstić information content (AvgIpc) is 2.61. The topological polar surface area (TPSA) is 21.3 Å². The average molecular weight is 204 g/mol. The van der Waals surface area contributed by atoms with Gasteiger partial charge in [-0.2, -0.15) is 0 Å². The number of hydrogen-bond acceptors (Lipinski definition) is 2. The van der Waals surface area contributed by atoms with Gasteiger partial charge in [0.05, 0.1) is 6.10 Å². The number of hydrogen-bond donors (Lipinski definition) is 1. The van der Waals surface area contributed by atoms with E-state index in [0.29, 0.717) is 12.1 Å². The summed E-state index contributed by atoms with van der Waals surface area (Å²) in [7, 11) is 1.79. The molecule has 2 atom stereocenters. The molecule has 1 aliphatic carbocycles. The van der Waals surface area contributed by atoms with E-state index >= 15 is 0 Å². The number of halogens is 1. The van der Waals surface area contributed by atoms with E-state index in [1.165, 1.54) is 24.8 Å². The van der Waals surface area contributed by atoms with Crippen molar-refractivity contribution in [2.24, 2.45) is 0 Å². The van der Waals surface area contributed by atoms with Crippen LogP contribution in [0.1, 0.15) is 26.2 Å². The Morgan fingerprint density at radius 3 is 3.00 bits per heavy atom. The summed E-state index contributed by atoms with van der Waals surface area (Å²) in [6, 6.07) is 0.511. The van der Waals surface area contributed by atoms with Crippen LogP contribution in [-0.2, 0) is 4.74 Å². The normalized spacial score (nSPS) is 29.6. The molecule has 1 saturated carbocycles. The zero-order valence-electron chi connectivity index (χ0n) is 8.35. The van der Waals surface area contributed by atoms with Crippen LogP contribution in [0.3, 0.4) is 0 Å². The lowest BCUT2D eigenvalue weighted by Crippen LogP contribution is -2.37. The molecule has 0 aromatic heterocycles. The van der Waals surface area contributed by atoms with Crippen molar-refractivity contribution in [3.05, 3.63) is 11.1 Å². The summed E-state index contributed by atoms with van der Waals surface area (Å²) < 4.78 is 5.37. The molecular weight excluding hydrogens is 186 g/mol. The van der Waals surface area contributed by atoms with Crippen LogP contribution in [0.25, 0.3) is 0 Å². The Morgan fingerprint density at radius 1 is 1.62 bits per heavy atom. The molecule has 0 aromatic carbocycles. The maximum Gasteiger partial charge on any atom is 0.0724 e. The van der Waals surface area contributed by atoms with Crippen LogP contribution in [0.2, 0.25) is 0 Å². The smallest absolute Gasteiger partial charge is 0.0724 e. The third-order valence-electron chi connectivity index (χ3n) is 2.58. The van der Waals surface area contributed by atoms with Gasteiger partial charge in [-0.15, -0.1) is 0 Å². The van der Waals surface area contributed by atoms with Crippen LogP contribution < -0.4 is 5.32 Å². The van der Waals surface area contributed by atoms with Crippen molar-refractivity contribution in [3.8, 4) is 0 Å². The van der Waals surface area contributed by atoms with Gasteiger partial charge >= 0.3 is 0 Å².